The fourth-order valence-electron chi connectivity index (χ4n) is 4.44. The number of carbonyl (C=O) groups excluding carboxylic acids is 1. The van der Waals surface area contributed by atoms with Gasteiger partial charge in [-0.25, -0.2) is 0 Å². The summed E-state index contributed by atoms with van der Waals surface area (Å²) < 4.78 is 0. The molecule has 0 unspecified atom stereocenters. The number of nitrogens with zero attached hydrogens (tertiary/aromatic N) is 7. The van der Waals surface area contributed by atoms with E-state index in [2.05, 4.69) is 111 Å². The van der Waals surface area contributed by atoms with Crippen molar-refractivity contribution in [3.63, 3.8) is 0 Å². The van der Waals surface area contributed by atoms with Crippen LogP contribution >= 0.6 is 138 Å². The molecule has 0 spiro atoms. The summed E-state index contributed by atoms with van der Waals surface area (Å²) in [5.41, 5.74) is 36.6. The molecule has 7 rings (SSSR count). The molecule has 18 nitrogen and oxygen atoms in total. The van der Waals surface area contributed by atoms with Crippen molar-refractivity contribution in [1.29, 1.82) is 5.26 Å². The third-order valence-corrected chi connectivity index (χ3v) is 7.16. The molecule has 31 heteroatoms. The summed E-state index contributed by atoms with van der Waals surface area (Å²) >= 11 is 12.0. The smallest absolute Gasteiger partial charge is 0.279 e. The van der Waals surface area contributed by atoms with E-state index >= 15 is 0 Å². The first-order valence-corrected chi connectivity index (χ1v) is 36.3. The number of nitriles is 1. The number of hydrogen-bond donors (Lipinski definition) is 3. The first-order valence-electron chi connectivity index (χ1n) is 16.6. The summed E-state index contributed by atoms with van der Waals surface area (Å²) in [6.45, 7) is 1.54. The van der Waals surface area contributed by atoms with Crippen LogP contribution in [0.3, 0.4) is 0 Å². The van der Waals surface area contributed by atoms with Gasteiger partial charge in [-0.1, -0.05) is 104 Å². The van der Waals surface area contributed by atoms with Crippen LogP contribution in [0.1, 0.15) is 40.0 Å². The van der Waals surface area contributed by atoms with Crippen molar-refractivity contribution in [2.24, 2.45) is 21.5 Å². The van der Waals surface area contributed by atoms with E-state index in [-0.39, 0.29) is 255 Å². The minimum absolute atomic E-state index is 0. The third-order valence-electron chi connectivity index (χ3n) is 7.16. The van der Waals surface area contributed by atoms with Crippen LogP contribution in [-0.4, -0.2) is 28.1 Å². The van der Waals surface area contributed by atoms with Crippen molar-refractivity contribution < 1.29 is 191 Å². The van der Waals surface area contributed by atoms with Gasteiger partial charge >= 0.3 is 50.5 Å². The number of nitrogens with two attached hydrogens (primary N) is 4. The second-order valence-electron chi connectivity index (χ2n) is 10.8. The fraction of sp³-hybridized carbons (Fsp3) is 0.128. The summed E-state index contributed by atoms with van der Waals surface area (Å²) in [7, 11) is 0. The summed E-state index contributed by atoms with van der Waals surface area (Å²) in [6, 6.07) is 35.3. The number of benzene rings is 5. The number of para-hydroxylation sites is 5. The van der Waals surface area contributed by atoms with Crippen LogP contribution in [0.5, 0.6) is 0 Å². The van der Waals surface area contributed by atoms with E-state index in [0.717, 1.165) is 28.1 Å². The Labute approximate surface area is 631 Å². The van der Waals surface area contributed by atoms with E-state index in [4.69, 9.17) is 33.9 Å². The van der Waals surface area contributed by atoms with E-state index < -0.39 is 9.85 Å². The van der Waals surface area contributed by atoms with Crippen molar-refractivity contribution in [2.45, 2.75) is 33.6 Å². The molecular weight excluding hydrogens is 2140 g/mol. The first kappa shape index (κ1) is 95.7. The van der Waals surface area contributed by atoms with Gasteiger partial charge in [-0.2, -0.15) is 5.26 Å². The topological polar surface area (TPSA) is 339 Å². The van der Waals surface area contributed by atoms with E-state index in [9.17, 15) is 25.0 Å². The molecule has 5 aromatic rings. The van der Waals surface area contributed by atoms with Gasteiger partial charge in [-0.15, -0.1) is 61.0 Å². The molecule has 2 heterocycles. The monoisotopic (exact) mass is 2190 g/mol. The zero-order valence-corrected chi connectivity index (χ0v) is 67.1. The second kappa shape index (κ2) is 63.2. The average molecular weight is 2190 g/mol. The molecule has 0 amide bonds. The number of fused-ring (bicyclic) bond motifs is 2. The Balaban J connectivity index is -0.0000000751. The van der Waals surface area contributed by atoms with Crippen molar-refractivity contribution in [3.8, 4) is 4.98 Å². The quantitative estimate of drug-likeness (QED) is 0.0494. The molecule has 2 aliphatic heterocycles. The van der Waals surface area contributed by atoms with Crippen LogP contribution in [0.4, 0.5) is 28.4 Å². The van der Waals surface area contributed by atoms with Crippen molar-refractivity contribution in [3.05, 3.63) is 198 Å². The standard InChI is InChI=1S/2C8H8N3.C7H7N2O2.C7H9N2.C7H5NO3.CBrN.CH4.I3.I2.2HI.H2N.5Y/c2*9-8-10-5-6-3-1-2-4-7(6)11-8;8-5-6-3-1-2-4-7(6)9(10)11;8-5-6-3-1-2-4-7(6)9;9-5-6-3-1-2-4-7(6)8(10)11;2-1-3;;1-3-2;1-2;;;;;;;;/h2*1-4H,5H2,(H2-,9,10,11);1-4,8H,5H2;1-4,8H,5,9H2;1-5H;;1H4;;;2*1H;1H2;;;;;/q4*-1;;;;-1;;;;-1;;;;;. The predicted molar refractivity (Wildman–Crippen MR) is 322 cm³/mol. The maximum atomic E-state index is 10.3. The number of hydrogen-bond acceptors (Lipinski definition) is 11. The Hall–Kier alpha value is 3.39. The van der Waals surface area contributed by atoms with Gasteiger partial charge in [0.1, 0.15) is 4.98 Å². The Bertz CT molecular complexity index is 2170. The van der Waals surface area contributed by atoms with Gasteiger partial charge in [-0.3, -0.25) is 25.0 Å². The number of anilines is 1. The van der Waals surface area contributed by atoms with E-state index in [1.807, 2.05) is 72.8 Å². The summed E-state index contributed by atoms with van der Waals surface area (Å²) in [5, 5.41) is 35.8. The molecular formula is C39H45BrI7N13O5Y5-6. The molecule has 0 saturated heterocycles. The molecule has 0 atom stereocenters. The number of aldehydes is 1. The maximum Gasteiger partial charge on any atom is 0.279 e. The predicted octanol–water partition coefficient (Wildman–Crippen LogP) is 12.4. The number of nitro groups is 2. The molecule has 0 fully saturated rings. The zero-order chi connectivity index (χ0) is 46.0. The number of aliphatic imine (C=N–C) groups is 2. The molecule has 0 aliphatic carbocycles. The van der Waals surface area contributed by atoms with Crippen LogP contribution in [0.2, 0.25) is 0 Å². The molecule has 70 heavy (non-hydrogen) atoms. The Morgan fingerprint density at radius 3 is 1.30 bits per heavy atom. The van der Waals surface area contributed by atoms with E-state index in [0.29, 0.717) is 55.8 Å². The van der Waals surface area contributed by atoms with Gasteiger partial charge in [0.15, 0.2) is 6.29 Å². The Morgan fingerprint density at radius 1 is 0.671 bits per heavy atom. The average Bonchev–Trinajstić information content (AvgIpc) is 3.28. The molecule has 373 valence electrons. The number of nitrogens with one attached hydrogen (secondary N) is 2. The molecule has 5 aromatic carbocycles. The number of carbonyl (C=O) groups is 1. The van der Waals surface area contributed by atoms with Crippen molar-refractivity contribution in [1.82, 2.24) is 0 Å². The van der Waals surface area contributed by atoms with Crippen LogP contribution in [0.15, 0.2) is 131 Å². The van der Waals surface area contributed by atoms with Crippen LogP contribution in [0.25, 0.3) is 28.3 Å². The van der Waals surface area contributed by atoms with E-state index in [1.54, 1.807) is 29.2 Å². The van der Waals surface area contributed by atoms with Crippen LogP contribution in [0, 0.1) is 30.5 Å². The van der Waals surface area contributed by atoms with Crippen molar-refractivity contribution >= 4 is 185 Å². The number of nitrogen functional groups attached to an aromatic ring is 1. The third kappa shape index (κ3) is 43.3. The summed E-state index contributed by atoms with van der Waals surface area (Å²) in [5.74, 6) is 0.757. The number of halogens is 8. The second-order valence-corrected chi connectivity index (χ2v) is 27.4. The van der Waals surface area contributed by atoms with Gasteiger partial charge in [-0.05, 0) is 40.2 Å². The van der Waals surface area contributed by atoms with Crippen molar-refractivity contribution in [2.75, 3.05) is 5.73 Å². The molecule has 0 bridgehead atoms. The van der Waals surface area contributed by atoms with Gasteiger partial charge in [0.25, 0.3) is 11.4 Å². The number of rotatable bonds is 5. The number of guanidine groups is 2. The van der Waals surface area contributed by atoms with Crippen LogP contribution < -0.4 is 30.5 Å². The molecule has 2 aliphatic rings. The molecule has 5 radical (unpaired) electrons. The van der Waals surface area contributed by atoms with Gasteiger partial charge in [0, 0.05) is 265 Å². The first-order chi connectivity index (χ1) is 29.4. The maximum absolute atomic E-state index is 10.3. The molecule has 0 aromatic heterocycles. The Morgan fingerprint density at radius 2 is 0.986 bits per heavy atom. The largest absolute Gasteiger partial charge is 0.693 e. The van der Waals surface area contributed by atoms with E-state index in [1.165, 1.54) is 24.3 Å². The molecule has 0 saturated carbocycles. The zero-order valence-electron chi connectivity index (χ0n) is 35.9. The Kier molecular flexibility index (Phi) is 86.4. The molecule has 10 N–H and O–H groups in total. The summed E-state index contributed by atoms with van der Waals surface area (Å²) in [6.07, 6.45) is 0.470. The van der Waals surface area contributed by atoms with Gasteiger partial charge in [0.05, 0.1) is 15.4 Å². The summed E-state index contributed by atoms with van der Waals surface area (Å²) in [4.78, 5) is 39.4. The van der Waals surface area contributed by atoms with Gasteiger partial charge < -0.3 is 55.4 Å². The number of nitro benzene ring substituents is 2. The van der Waals surface area contributed by atoms with Gasteiger partial charge in [0.2, 0.25) is 0 Å². The minimum Gasteiger partial charge on any atom is -0.693 e. The van der Waals surface area contributed by atoms with Crippen LogP contribution in [-0.2, 0) is 190 Å². The minimum atomic E-state index is -0.580. The SMILES string of the molecule is C.I.I.II.I[I-]I.N#CBr.NC1=Nc2ccccc2C[N-]1.NC1=Nc2ccccc2C[N-]1.O=Cc1ccccc1[N+](=O)[O-].[NH-]Cc1ccccc1N.[NH-]Cc1ccccc1[N+](=O)[O-].[NH2-].[Y].[Y].[Y].[Y].[Y]. The fourth-order valence-corrected chi connectivity index (χ4v) is 4.44. The normalized spacial score (nSPS) is 9.29.